The quantitative estimate of drug-likeness (QED) is 0.537. The summed E-state index contributed by atoms with van der Waals surface area (Å²) in [5.41, 5.74) is 4.00. The average Bonchev–Trinajstić information content (AvgIpc) is 2.97. The minimum absolute atomic E-state index is 0.0648. The van der Waals surface area contributed by atoms with Crippen molar-refractivity contribution in [2.45, 2.75) is 31.6 Å². The summed E-state index contributed by atoms with van der Waals surface area (Å²) < 4.78 is 71.6. The van der Waals surface area contributed by atoms with Gasteiger partial charge in [0.2, 0.25) is 0 Å². The average molecular weight is 487 g/mol. The summed E-state index contributed by atoms with van der Waals surface area (Å²) >= 11 is 0. The van der Waals surface area contributed by atoms with Crippen LogP contribution in [0.4, 0.5) is 18.9 Å². The molecule has 3 aromatic rings. The number of nitrogens with zero attached hydrogens (tertiary/aromatic N) is 1. The number of nitrogens with one attached hydrogen (secondary N) is 1. The molecule has 0 aromatic heterocycles. The molecule has 1 N–H and O–H groups in total. The van der Waals surface area contributed by atoms with Gasteiger partial charge in [0.1, 0.15) is 17.5 Å². The number of halogens is 3. The van der Waals surface area contributed by atoms with E-state index in [0.717, 1.165) is 28.7 Å². The van der Waals surface area contributed by atoms with E-state index in [2.05, 4.69) is 4.72 Å². The number of rotatable bonds is 4. The number of aryl methyl sites for hydroxylation is 2. The molecule has 8 heteroatoms. The molecule has 0 radical (unpaired) electrons. The van der Waals surface area contributed by atoms with Gasteiger partial charge in [-0.3, -0.25) is 4.72 Å². The number of hydrogen-bond acceptors (Lipinski definition) is 2. The zero-order valence-corrected chi connectivity index (χ0v) is 19.3. The fourth-order valence-corrected chi connectivity index (χ4v) is 6.65. The third-order valence-electron chi connectivity index (χ3n) is 6.87. The zero-order chi connectivity index (χ0) is 23.9. The number of fused-ring (bicyclic) bond motifs is 2. The highest BCUT2D eigenvalue weighted by Crippen LogP contribution is 2.43. The Hall–Kier alpha value is -2.84. The van der Waals surface area contributed by atoms with Crippen LogP contribution in [0.2, 0.25) is 0 Å². The van der Waals surface area contributed by atoms with Crippen molar-refractivity contribution in [1.29, 1.82) is 0 Å². The maximum Gasteiger partial charge on any atom is 0.301 e. The largest absolute Gasteiger partial charge is 0.301 e. The van der Waals surface area contributed by atoms with Gasteiger partial charge in [-0.15, -0.1) is 0 Å². The molecule has 0 bridgehead atoms. The van der Waals surface area contributed by atoms with Gasteiger partial charge >= 0.3 is 10.2 Å². The van der Waals surface area contributed by atoms with E-state index < -0.39 is 16.0 Å². The van der Waals surface area contributed by atoms with E-state index in [1.54, 1.807) is 12.1 Å². The summed E-state index contributed by atoms with van der Waals surface area (Å²) in [6.45, 7) is 0.640. The Bertz CT molecular complexity index is 1260. The van der Waals surface area contributed by atoms with Crippen LogP contribution in [0.1, 0.15) is 41.0 Å². The predicted octanol–water partition coefficient (Wildman–Crippen LogP) is 5.40. The molecule has 1 aliphatic carbocycles. The topological polar surface area (TPSA) is 49.4 Å². The molecule has 1 atom stereocenters. The van der Waals surface area contributed by atoms with Gasteiger partial charge in [0.15, 0.2) is 0 Å². The van der Waals surface area contributed by atoms with Crippen LogP contribution in [0.15, 0.2) is 60.7 Å². The summed E-state index contributed by atoms with van der Waals surface area (Å²) in [5.74, 6) is -1.31. The second-order valence-electron chi connectivity index (χ2n) is 9.04. The van der Waals surface area contributed by atoms with E-state index in [9.17, 15) is 21.6 Å². The van der Waals surface area contributed by atoms with Crippen molar-refractivity contribution in [3.63, 3.8) is 0 Å². The van der Waals surface area contributed by atoms with Gasteiger partial charge in [0.25, 0.3) is 0 Å². The monoisotopic (exact) mass is 486 g/mol. The minimum atomic E-state index is -3.86. The minimum Gasteiger partial charge on any atom is -0.271 e. The number of hydrogen-bond donors (Lipinski definition) is 1. The molecule has 0 spiro atoms. The molecule has 4 nitrogen and oxygen atoms in total. The van der Waals surface area contributed by atoms with Gasteiger partial charge in [-0.1, -0.05) is 12.1 Å². The number of anilines is 1. The van der Waals surface area contributed by atoms with Crippen LogP contribution in [0, 0.1) is 23.4 Å². The van der Waals surface area contributed by atoms with Crippen LogP contribution in [0.3, 0.4) is 0 Å². The first-order valence-electron chi connectivity index (χ1n) is 11.4. The van der Waals surface area contributed by atoms with Gasteiger partial charge < -0.3 is 0 Å². The van der Waals surface area contributed by atoms with E-state index in [4.69, 9.17) is 0 Å². The molecule has 2 aliphatic rings. The maximum absolute atomic E-state index is 14.1. The molecule has 3 aromatic carbocycles. The lowest BCUT2D eigenvalue weighted by molar-refractivity contribution is 0.249. The lowest BCUT2D eigenvalue weighted by Gasteiger charge is -2.37. The van der Waals surface area contributed by atoms with Crippen LogP contribution in [0.25, 0.3) is 0 Å². The van der Waals surface area contributed by atoms with Gasteiger partial charge in [-0.2, -0.15) is 12.7 Å². The first-order valence-corrected chi connectivity index (χ1v) is 12.8. The SMILES string of the molecule is O=S(=O)(Nc1ccc(F)cc1)N1CCCC(C2c3ccc(F)cc3CCc3cc(F)ccc32)C1. The Morgan fingerprint density at radius 2 is 1.35 bits per heavy atom. The fraction of sp³-hybridized carbons (Fsp3) is 0.308. The Balaban J connectivity index is 1.49. The second-order valence-corrected chi connectivity index (χ2v) is 10.7. The molecule has 1 saturated heterocycles. The lowest BCUT2D eigenvalue weighted by atomic mass is 9.75. The van der Waals surface area contributed by atoms with Crippen molar-refractivity contribution < 1.29 is 21.6 Å². The third-order valence-corrected chi connectivity index (χ3v) is 8.37. The molecule has 178 valence electrons. The normalized spacial score (nSPS) is 19.2. The summed E-state index contributed by atoms with van der Waals surface area (Å²) in [6, 6.07) is 14.7. The first-order chi connectivity index (χ1) is 16.3. The summed E-state index contributed by atoms with van der Waals surface area (Å²) in [5, 5.41) is 0. The van der Waals surface area contributed by atoms with E-state index in [0.29, 0.717) is 31.5 Å². The molecule has 1 fully saturated rings. The smallest absolute Gasteiger partial charge is 0.271 e. The van der Waals surface area contributed by atoms with Crippen LogP contribution in [-0.4, -0.2) is 25.8 Å². The molecule has 0 amide bonds. The van der Waals surface area contributed by atoms with Crippen molar-refractivity contribution in [2.24, 2.45) is 5.92 Å². The van der Waals surface area contributed by atoms with Gasteiger partial charge in [-0.25, -0.2) is 13.2 Å². The highest BCUT2D eigenvalue weighted by atomic mass is 32.2. The maximum atomic E-state index is 14.1. The van der Waals surface area contributed by atoms with Gasteiger partial charge in [0.05, 0.1) is 0 Å². The second kappa shape index (κ2) is 9.07. The van der Waals surface area contributed by atoms with Crippen molar-refractivity contribution >= 4 is 15.9 Å². The molecule has 1 unspecified atom stereocenters. The Morgan fingerprint density at radius 1 is 0.794 bits per heavy atom. The Labute approximate surface area is 197 Å². The lowest BCUT2D eigenvalue weighted by Crippen LogP contribution is -2.44. The zero-order valence-electron chi connectivity index (χ0n) is 18.5. The van der Waals surface area contributed by atoms with E-state index >= 15 is 0 Å². The highest BCUT2D eigenvalue weighted by molar-refractivity contribution is 7.90. The highest BCUT2D eigenvalue weighted by Gasteiger charge is 2.37. The van der Waals surface area contributed by atoms with Crippen LogP contribution < -0.4 is 4.72 Å². The Morgan fingerprint density at radius 3 is 1.94 bits per heavy atom. The number of piperidine rings is 1. The Kier molecular flexibility index (Phi) is 6.12. The summed E-state index contributed by atoms with van der Waals surface area (Å²) in [7, 11) is -3.86. The van der Waals surface area contributed by atoms with Gasteiger partial charge in [0, 0.05) is 24.7 Å². The van der Waals surface area contributed by atoms with E-state index in [1.807, 2.05) is 0 Å². The molecular weight excluding hydrogens is 461 g/mol. The van der Waals surface area contributed by atoms with Crippen molar-refractivity contribution in [3.8, 4) is 0 Å². The third kappa shape index (κ3) is 4.57. The van der Waals surface area contributed by atoms with E-state index in [1.165, 1.54) is 52.8 Å². The summed E-state index contributed by atoms with van der Waals surface area (Å²) in [4.78, 5) is 0. The first kappa shape index (κ1) is 22.9. The standard InChI is InChI=1S/C26H25F3N2O2S/c27-20-5-9-23(10-6-20)30-34(32,33)31-13-1-2-19(16-31)26-24-11-7-21(28)14-17(24)3-4-18-15-22(29)8-12-25(18)26/h5-12,14-15,19,26,30H,1-4,13,16H2. The van der Waals surface area contributed by atoms with Crippen LogP contribution in [0.5, 0.6) is 0 Å². The molecule has 0 saturated carbocycles. The van der Waals surface area contributed by atoms with Gasteiger partial charge in [-0.05, 0) is 102 Å². The molecule has 34 heavy (non-hydrogen) atoms. The molecule has 1 aliphatic heterocycles. The molecule has 5 rings (SSSR count). The van der Waals surface area contributed by atoms with Crippen molar-refractivity contribution in [3.05, 3.63) is 100 Å². The van der Waals surface area contributed by atoms with E-state index in [-0.39, 0.29) is 30.0 Å². The van der Waals surface area contributed by atoms with Crippen LogP contribution in [-0.2, 0) is 23.1 Å². The fourth-order valence-electron chi connectivity index (χ4n) is 5.33. The number of benzene rings is 3. The van der Waals surface area contributed by atoms with Crippen LogP contribution >= 0.6 is 0 Å². The predicted molar refractivity (Wildman–Crippen MR) is 125 cm³/mol. The molecule has 1 heterocycles. The van der Waals surface area contributed by atoms with Crippen molar-refractivity contribution in [1.82, 2.24) is 4.31 Å². The summed E-state index contributed by atoms with van der Waals surface area (Å²) in [6.07, 6.45) is 2.65. The van der Waals surface area contributed by atoms with Crippen molar-refractivity contribution in [2.75, 3.05) is 17.8 Å². The molecular formula is C26H25F3N2O2S.